The molecule has 222 valence electrons. The van der Waals surface area contributed by atoms with Gasteiger partial charge in [0.2, 0.25) is 11.8 Å². The molecule has 12 nitrogen and oxygen atoms in total. The fraction of sp³-hybridized carbons (Fsp3) is 0.433. The van der Waals surface area contributed by atoms with Crippen molar-refractivity contribution in [2.24, 2.45) is 5.92 Å². The summed E-state index contributed by atoms with van der Waals surface area (Å²) in [7, 11) is 0. The molecular weight excluding hydrogens is 542 g/mol. The first kappa shape index (κ1) is 29.4. The van der Waals surface area contributed by atoms with Crippen molar-refractivity contribution < 1.29 is 29.5 Å². The van der Waals surface area contributed by atoms with Crippen molar-refractivity contribution >= 4 is 34.8 Å². The lowest BCUT2D eigenvalue weighted by Gasteiger charge is -2.28. The fourth-order valence-electron chi connectivity index (χ4n) is 6.03. The van der Waals surface area contributed by atoms with Crippen LogP contribution < -0.4 is 15.1 Å². The molecule has 5 rings (SSSR count). The van der Waals surface area contributed by atoms with Crippen LogP contribution in [-0.4, -0.2) is 76.6 Å². The smallest absolute Gasteiger partial charge is 0.269 e. The number of nitro benzene ring substituents is 1. The van der Waals surface area contributed by atoms with Crippen LogP contribution in [0.15, 0.2) is 54.6 Å². The number of non-ortho nitro benzene ring substituents is 1. The predicted octanol–water partition coefficient (Wildman–Crippen LogP) is 1.83. The van der Waals surface area contributed by atoms with Crippen molar-refractivity contribution in [1.82, 2.24) is 10.2 Å². The van der Waals surface area contributed by atoms with Crippen LogP contribution in [0.2, 0.25) is 0 Å². The van der Waals surface area contributed by atoms with Crippen LogP contribution in [0.25, 0.3) is 0 Å². The number of nitrogens with one attached hydrogen (secondary N) is 1. The summed E-state index contributed by atoms with van der Waals surface area (Å²) in [6.45, 7) is 3.74. The van der Waals surface area contributed by atoms with Gasteiger partial charge in [-0.25, -0.2) is 0 Å². The van der Waals surface area contributed by atoms with Gasteiger partial charge >= 0.3 is 0 Å². The molecule has 0 saturated carbocycles. The van der Waals surface area contributed by atoms with E-state index in [4.69, 9.17) is 0 Å². The number of likely N-dealkylation sites (tertiary alicyclic amines) is 1. The Bertz CT molecular complexity index is 1410. The monoisotopic (exact) mass is 577 g/mol. The summed E-state index contributed by atoms with van der Waals surface area (Å²) in [5, 5.41) is 36.0. The standard InChI is InChI=1S/C30H35N5O7/c1-20(4-2-6-27(37)32-14-3-5-24(32)19-36)30(40)25-16-23(35(41)42)11-12-26(25)34(29(30)39)18-21-7-9-22(10-8-21)33-15-13-31-17-28(33)38/h2,4,7-12,16,20,24,31,36,40H,3,5-6,13-15,17-19H2,1H3/b4-2+/t20-,24+,30+/m1/s1. The number of anilines is 2. The van der Waals surface area contributed by atoms with E-state index in [-0.39, 0.29) is 55.2 Å². The Kier molecular flexibility index (Phi) is 8.39. The molecule has 0 radical (unpaired) electrons. The maximum atomic E-state index is 13.9. The largest absolute Gasteiger partial charge is 0.394 e. The van der Waals surface area contributed by atoms with E-state index >= 15 is 0 Å². The number of hydrogen-bond acceptors (Lipinski definition) is 8. The average Bonchev–Trinajstić information content (AvgIpc) is 3.56. The first-order chi connectivity index (χ1) is 20.1. The lowest BCUT2D eigenvalue weighted by atomic mass is 9.82. The van der Waals surface area contributed by atoms with Crippen LogP contribution in [-0.2, 0) is 26.5 Å². The molecule has 42 heavy (non-hydrogen) atoms. The number of amides is 3. The van der Waals surface area contributed by atoms with E-state index in [2.05, 4.69) is 5.32 Å². The average molecular weight is 578 g/mol. The molecule has 2 aromatic rings. The number of fused-ring (bicyclic) bond motifs is 1. The van der Waals surface area contributed by atoms with Gasteiger partial charge in [0.25, 0.3) is 11.6 Å². The minimum absolute atomic E-state index is 0.0262. The number of piperazine rings is 1. The second kappa shape index (κ2) is 12.0. The number of aliphatic hydroxyl groups is 2. The zero-order valence-corrected chi connectivity index (χ0v) is 23.4. The first-order valence-electron chi connectivity index (χ1n) is 14.2. The van der Waals surface area contributed by atoms with Crippen molar-refractivity contribution in [3.63, 3.8) is 0 Å². The number of rotatable bonds is 9. The first-order valence-corrected chi connectivity index (χ1v) is 14.2. The minimum atomic E-state index is -2.09. The van der Waals surface area contributed by atoms with E-state index in [1.807, 2.05) is 24.3 Å². The van der Waals surface area contributed by atoms with E-state index in [0.717, 1.165) is 24.1 Å². The molecule has 2 saturated heterocycles. The predicted molar refractivity (Wildman–Crippen MR) is 155 cm³/mol. The summed E-state index contributed by atoms with van der Waals surface area (Å²) in [6.07, 6.45) is 4.80. The van der Waals surface area contributed by atoms with E-state index < -0.39 is 22.3 Å². The molecule has 3 aliphatic rings. The van der Waals surface area contributed by atoms with E-state index in [0.29, 0.717) is 25.3 Å². The van der Waals surface area contributed by atoms with Crippen LogP contribution in [0.4, 0.5) is 17.1 Å². The van der Waals surface area contributed by atoms with Gasteiger partial charge < -0.3 is 30.2 Å². The highest BCUT2D eigenvalue weighted by atomic mass is 16.6. The van der Waals surface area contributed by atoms with E-state index in [1.165, 1.54) is 23.1 Å². The van der Waals surface area contributed by atoms with Crippen molar-refractivity contribution in [2.75, 3.05) is 42.6 Å². The van der Waals surface area contributed by atoms with E-state index in [9.17, 15) is 34.7 Å². The molecular formula is C30H35N5O7. The van der Waals surface area contributed by atoms with Crippen LogP contribution in [0.5, 0.6) is 0 Å². The zero-order chi connectivity index (χ0) is 30.0. The van der Waals surface area contributed by atoms with Gasteiger partial charge in [0.05, 0.1) is 36.3 Å². The SMILES string of the molecule is C[C@H](/C=C/CC(=O)N1CCC[C@H]1CO)[C@@]1(O)C(=O)N(Cc2ccc(N3CCNCC3=O)cc2)c2ccc([N+](=O)[O-])cc21. The normalized spacial score (nSPS) is 23.1. The number of aliphatic hydroxyl groups excluding tert-OH is 1. The van der Waals surface area contributed by atoms with Crippen molar-refractivity contribution in [3.8, 4) is 0 Å². The lowest BCUT2D eigenvalue weighted by molar-refractivity contribution is -0.385. The van der Waals surface area contributed by atoms with Gasteiger partial charge in [-0.1, -0.05) is 31.2 Å². The third-order valence-corrected chi connectivity index (χ3v) is 8.43. The molecule has 12 heteroatoms. The molecule has 0 unspecified atom stereocenters. The maximum Gasteiger partial charge on any atom is 0.269 e. The van der Waals surface area contributed by atoms with Gasteiger partial charge in [0.1, 0.15) is 0 Å². The van der Waals surface area contributed by atoms with Crippen LogP contribution in [0, 0.1) is 16.0 Å². The lowest BCUT2D eigenvalue weighted by Crippen LogP contribution is -2.48. The molecule has 0 aromatic heterocycles. The summed E-state index contributed by atoms with van der Waals surface area (Å²) in [5.41, 5.74) is -0.335. The van der Waals surface area contributed by atoms with Gasteiger partial charge in [0, 0.05) is 55.4 Å². The Labute approximate surface area is 243 Å². The Morgan fingerprint density at radius 1 is 1.21 bits per heavy atom. The fourth-order valence-corrected chi connectivity index (χ4v) is 6.03. The summed E-state index contributed by atoms with van der Waals surface area (Å²) >= 11 is 0. The molecule has 3 heterocycles. The molecule has 0 spiro atoms. The summed E-state index contributed by atoms with van der Waals surface area (Å²) in [4.78, 5) is 54.6. The van der Waals surface area contributed by atoms with E-state index in [1.54, 1.807) is 28.9 Å². The Balaban J connectivity index is 1.37. The number of carbonyl (C=O) groups is 3. The second-order valence-corrected chi connectivity index (χ2v) is 11.0. The van der Waals surface area contributed by atoms with Gasteiger partial charge in [0.15, 0.2) is 5.60 Å². The maximum absolute atomic E-state index is 13.9. The van der Waals surface area contributed by atoms with Crippen molar-refractivity contribution in [2.45, 2.75) is 44.4 Å². The Morgan fingerprint density at radius 3 is 2.67 bits per heavy atom. The van der Waals surface area contributed by atoms with Crippen LogP contribution in [0.3, 0.4) is 0 Å². The third kappa shape index (κ3) is 5.40. The molecule has 2 aromatic carbocycles. The van der Waals surface area contributed by atoms with Crippen molar-refractivity contribution in [3.05, 3.63) is 75.9 Å². The molecule has 2 fully saturated rings. The minimum Gasteiger partial charge on any atom is -0.394 e. The number of nitro groups is 1. The molecule has 3 N–H and O–H groups in total. The molecule has 3 aliphatic heterocycles. The van der Waals surface area contributed by atoms with Gasteiger partial charge in [-0.15, -0.1) is 0 Å². The number of nitrogens with zero attached hydrogens (tertiary/aromatic N) is 4. The zero-order valence-electron chi connectivity index (χ0n) is 23.4. The molecule has 0 bridgehead atoms. The van der Waals surface area contributed by atoms with Crippen LogP contribution >= 0.6 is 0 Å². The topological polar surface area (TPSA) is 157 Å². The third-order valence-electron chi connectivity index (χ3n) is 8.43. The Morgan fingerprint density at radius 2 is 1.98 bits per heavy atom. The highest BCUT2D eigenvalue weighted by Gasteiger charge is 2.53. The number of benzene rings is 2. The van der Waals surface area contributed by atoms with Gasteiger partial charge in [-0.3, -0.25) is 24.5 Å². The van der Waals surface area contributed by atoms with Gasteiger partial charge in [-0.2, -0.15) is 0 Å². The second-order valence-electron chi connectivity index (χ2n) is 11.0. The molecule has 3 atom stereocenters. The van der Waals surface area contributed by atoms with Crippen LogP contribution in [0.1, 0.15) is 37.3 Å². The van der Waals surface area contributed by atoms with Crippen molar-refractivity contribution in [1.29, 1.82) is 0 Å². The number of hydrogen-bond donors (Lipinski definition) is 3. The molecule has 3 amide bonds. The summed E-state index contributed by atoms with van der Waals surface area (Å²) in [5.74, 6) is -1.61. The quantitative estimate of drug-likeness (QED) is 0.232. The highest BCUT2D eigenvalue weighted by Crippen LogP contribution is 2.47. The highest BCUT2D eigenvalue weighted by molar-refractivity contribution is 6.07. The number of carbonyl (C=O) groups excluding carboxylic acids is 3. The Hall–Kier alpha value is -4.13. The molecule has 0 aliphatic carbocycles. The summed E-state index contributed by atoms with van der Waals surface area (Å²) < 4.78 is 0. The van der Waals surface area contributed by atoms with Gasteiger partial charge in [-0.05, 0) is 36.6 Å². The summed E-state index contributed by atoms with van der Waals surface area (Å²) in [6, 6.07) is 11.1.